The number of anilines is 1. The molecular formula is C18H16NO5-. The zero-order valence-corrected chi connectivity index (χ0v) is 13.1. The highest BCUT2D eigenvalue weighted by molar-refractivity contribution is 5.98. The third-order valence-corrected chi connectivity index (χ3v) is 3.90. The first-order valence-electron chi connectivity index (χ1n) is 7.50. The molecular weight excluding hydrogens is 310 g/mol. The van der Waals surface area contributed by atoms with Crippen LogP contribution in [0.1, 0.15) is 6.42 Å². The van der Waals surface area contributed by atoms with Crippen molar-refractivity contribution in [2.45, 2.75) is 6.42 Å². The summed E-state index contributed by atoms with van der Waals surface area (Å²) in [5.74, 6) is -0.381. The highest BCUT2D eigenvalue weighted by atomic mass is 16.5. The van der Waals surface area contributed by atoms with Crippen LogP contribution in [0.25, 0.3) is 0 Å². The van der Waals surface area contributed by atoms with Crippen molar-refractivity contribution in [3.63, 3.8) is 0 Å². The van der Waals surface area contributed by atoms with Crippen LogP contribution < -0.4 is 19.5 Å². The molecule has 124 valence electrons. The quantitative estimate of drug-likeness (QED) is 0.834. The number of ether oxygens (including phenoxy) is 2. The molecule has 0 N–H and O–H groups in total. The SMILES string of the molecule is COc1ccccc1Oc1ccc(N2C[C@@H](C(=O)[O-])CC2=O)cc1. The number of para-hydroxylation sites is 2. The Morgan fingerprint density at radius 1 is 1.12 bits per heavy atom. The molecule has 0 bridgehead atoms. The number of amides is 1. The van der Waals surface area contributed by atoms with Crippen LogP contribution >= 0.6 is 0 Å². The van der Waals surface area contributed by atoms with Gasteiger partial charge in [0, 0.05) is 30.5 Å². The maximum Gasteiger partial charge on any atom is 0.227 e. The normalized spacial score (nSPS) is 17.0. The molecule has 0 saturated carbocycles. The van der Waals surface area contributed by atoms with Crippen LogP contribution in [-0.2, 0) is 9.59 Å². The van der Waals surface area contributed by atoms with Crippen LogP contribution in [0, 0.1) is 5.92 Å². The molecule has 1 aliphatic rings. The molecule has 0 unspecified atom stereocenters. The van der Waals surface area contributed by atoms with Crippen molar-refractivity contribution in [3.8, 4) is 17.2 Å². The molecule has 0 radical (unpaired) electrons. The molecule has 1 amide bonds. The summed E-state index contributed by atoms with van der Waals surface area (Å²) in [5.41, 5.74) is 0.635. The van der Waals surface area contributed by atoms with Gasteiger partial charge in [-0.2, -0.15) is 0 Å². The van der Waals surface area contributed by atoms with Crippen molar-refractivity contribution < 1.29 is 24.2 Å². The van der Waals surface area contributed by atoms with Crippen molar-refractivity contribution in [1.29, 1.82) is 0 Å². The van der Waals surface area contributed by atoms with Gasteiger partial charge in [0.25, 0.3) is 0 Å². The van der Waals surface area contributed by atoms with Gasteiger partial charge in [-0.1, -0.05) is 12.1 Å². The van der Waals surface area contributed by atoms with Crippen molar-refractivity contribution in [2.24, 2.45) is 5.92 Å². The second-order valence-corrected chi connectivity index (χ2v) is 5.47. The number of carboxylic acid groups (broad SMARTS) is 1. The van der Waals surface area contributed by atoms with E-state index < -0.39 is 11.9 Å². The third-order valence-electron chi connectivity index (χ3n) is 3.90. The first kappa shape index (κ1) is 15.9. The number of methoxy groups -OCH3 is 1. The Morgan fingerprint density at radius 3 is 2.38 bits per heavy atom. The summed E-state index contributed by atoms with van der Waals surface area (Å²) >= 11 is 0. The molecule has 3 rings (SSSR count). The summed E-state index contributed by atoms with van der Waals surface area (Å²) in [4.78, 5) is 24.3. The van der Waals surface area contributed by atoms with E-state index in [0.717, 1.165) is 0 Å². The third kappa shape index (κ3) is 3.17. The molecule has 6 heteroatoms. The Labute approximate surface area is 139 Å². The molecule has 24 heavy (non-hydrogen) atoms. The van der Waals surface area contributed by atoms with E-state index in [1.807, 2.05) is 12.1 Å². The average molecular weight is 326 g/mol. The summed E-state index contributed by atoms with van der Waals surface area (Å²) in [7, 11) is 1.57. The summed E-state index contributed by atoms with van der Waals surface area (Å²) < 4.78 is 11.0. The van der Waals surface area contributed by atoms with E-state index in [-0.39, 0.29) is 18.9 Å². The van der Waals surface area contributed by atoms with Crippen molar-refractivity contribution in [3.05, 3.63) is 48.5 Å². The fourth-order valence-corrected chi connectivity index (χ4v) is 2.64. The van der Waals surface area contributed by atoms with Gasteiger partial charge < -0.3 is 24.3 Å². The van der Waals surface area contributed by atoms with Gasteiger partial charge in [-0.25, -0.2) is 0 Å². The van der Waals surface area contributed by atoms with Crippen LogP contribution in [0.2, 0.25) is 0 Å². The molecule has 2 aromatic carbocycles. The number of hydrogen-bond donors (Lipinski definition) is 0. The smallest absolute Gasteiger partial charge is 0.227 e. The number of aliphatic carboxylic acids is 1. The standard InChI is InChI=1S/C18H17NO5/c1-23-15-4-2-3-5-16(15)24-14-8-6-13(7-9-14)19-11-12(18(21)22)10-17(19)20/h2-9,12H,10-11H2,1H3,(H,21,22)/p-1/t12-/m0/s1. The Hall–Kier alpha value is -3.02. The van der Waals surface area contributed by atoms with Crippen molar-refractivity contribution in [1.82, 2.24) is 0 Å². The Bertz CT molecular complexity index is 756. The zero-order chi connectivity index (χ0) is 17.1. The lowest BCUT2D eigenvalue weighted by Gasteiger charge is -2.17. The fraction of sp³-hybridized carbons (Fsp3) is 0.222. The second kappa shape index (κ2) is 6.62. The van der Waals surface area contributed by atoms with Gasteiger partial charge in [0.15, 0.2) is 11.5 Å². The predicted octanol–water partition coefficient (Wildman–Crippen LogP) is 1.59. The van der Waals surface area contributed by atoms with Gasteiger partial charge in [0.1, 0.15) is 5.75 Å². The molecule has 1 fully saturated rings. The molecule has 6 nitrogen and oxygen atoms in total. The molecule has 0 spiro atoms. The molecule has 1 saturated heterocycles. The fourth-order valence-electron chi connectivity index (χ4n) is 2.64. The van der Waals surface area contributed by atoms with Crippen LogP contribution in [0.15, 0.2) is 48.5 Å². The number of nitrogens with zero attached hydrogens (tertiary/aromatic N) is 1. The van der Waals surface area contributed by atoms with E-state index in [1.54, 1.807) is 43.5 Å². The van der Waals surface area contributed by atoms with E-state index in [9.17, 15) is 14.7 Å². The molecule has 0 aliphatic carbocycles. The monoisotopic (exact) mass is 326 g/mol. The van der Waals surface area contributed by atoms with Crippen LogP contribution in [0.5, 0.6) is 17.2 Å². The molecule has 2 aromatic rings. The van der Waals surface area contributed by atoms with Crippen LogP contribution in [0.3, 0.4) is 0 Å². The average Bonchev–Trinajstić information content (AvgIpc) is 2.98. The Balaban J connectivity index is 1.74. The first-order valence-corrected chi connectivity index (χ1v) is 7.50. The van der Waals surface area contributed by atoms with Gasteiger partial charge in [-0.3, -0.25) is 4.79 Å². The number of benzene rings is 2. The summed E-state index contributed by atoms with van der Waals surface area (Å²) in [6.45, 7) is 0.133. The van der Waals surface area contributed by atoms with Gasteiger partial charge >= 0.3 is 0 Å². The number of carboxylic acids is 1. The molecule has 1 heterocycles. The first-order chi connectivity index (χ1) is 11.6. The van der Waals surface area contributed by atoms with Crippen molar-refractivity contribution in [2.75, 3.05) is 18.6 Å². The maximum atomic E-state index is 11.9. The maximum absolute atomic E-state index is 11.9. The van der Waals surface area contributed by atoms with E-state index >= 15 is 0 Å². The zero-order valence-electron chi connectivity index (χ0n) is 13.1. The summed E-state index contributed by atoms with van der Waals surface area (Å²) in [6.07, 6.45) is -0.0260. The lowest BCUT2D eigenvalue weighted by Crippen LogP contribution is -2.33. The van der Waals surface area contributed by atoms with Gasteiger partial charge in [0.05, 0.1) is 7.11 Å². The topological polar surface area (TPSA) is 78.9 Å². The van der Waals surface area contributed by atoms with Crippen LogP contribution in [0.4, 0.5) is 5.69 Å². The van der Waals surface area contributed by atoms with Gasteiger partial charge in [-0.05, 0) is 36.4 Å². The molecule has 0 aromatic heterocycles. The Kier molecular flexibility index (Phi) is 4.37. The lowest BCUT2D eigenvalue weighted by molar-refractivity contribution is -0.310. The lowest BCUT2D eigenvalue weighted by atomic mass is 10.1. The number of carbonyl (C=O) groups excluding carboxylic acids is 2. The van der Waals surface area contributed by atoms with Gasteiger partial charge in [-0.15, -0.1) is 0 Å². The number of rotatable bonds is 5. The predicted molar refractivity (Wildman–Crippen MR) is 85.0 cm³/mol. The van der Waals surface area contributed by atoms with Gasteiger partial charge in [0.2, 0.25) is 5.91 Å². The van der Waals surface area contributed by atoms with E-state index in [2.05, 4.69) is 0 Å². The highest BCUT2D eigenvalue weighted by Gasteiger charge is 2.31. The highest BCUT2D eigenvalue weighted by Crippen LogP contribution is 2.32. The van der Waals surface area contributed by atoms with Crippen LogP contribution in [-0.4, -0.2) is 25.5 Å². The molecule has 1 atom stereocenters. The van der Waals surface area contributed by atoms with E-state index in [1.165, 1.54) is 4.90 Å². The number of carbonyl (C=O) groups is 2. The number of hydrogen-bond acceptors (Lipinski definition) is 5. The minimum Gasteiger partial charge on any atom is -0.550 e. The minimum absolute atomic E-state index is 0.0260. The Morgan fingerprint density at radius 2 is 1.79 bits per heavy atom. The molecule has 1 aliphatic heterocycles. The summed E-state index contributed by atoms with van der Waals surface area (Å²) in [6, 6.07) is 14.2. The summed E-state index contributed by atoms with van der Waals surface area (Å²) in [5, 5.41) is 10.9. The largest absolute Gasteiger partial charge is 0.550 e. The second-order valence-electron chi connectivity index (χ2n) is 5.47. The van der Waals surface area contributed by atoms with E-state index in [4.69, 9.17) is 9.47 Å². The van der Waals surface area contributed by atoms with Crippen molar-refractivity contribution >= 4 is 17.6 Å². The van der Waals surface area contributed by atoms with E-state index in [0.29, 0.717) is 22.9 Å². The minimum atomic E-state index is -1.19.